The van der Waals surface area contributed by atoms with Gasteiger partial charge in [0.05, 0.1) is 25.5 Å². The Kier molecular flexibility index (Phi) is 12.1. The summed E-state index contributed by atoms with van der Waals surface area (Å²) in [6, 6.07) is 12.4. The summed E-state index contributed by atoms with van der Waals surface area (Å²) in [4.78, 5) is 33.1. The first kappa shape index (κ1) is 34.9. The number of hydrogen-bond donors (Lipinski definition) is 1. The number of alkyl carbamates (subject to hydrolysis) is 1. The quantitative estimate of drug-likeness (QED) is 0.215. The van der Waals surface area contributed by atoms with Crippen LogP contribution in [0.1, 0.15) is 88.3 Å². The molecule has 0 radical (unpaired) electrons. The Hall–Kier alpha value is -4.43. The third-order valence-corrected chi connectivity index (χ3v) is 9.73. The van der Waals surface area contributed by atoms with Gasteiger partial charge in [-0.15, -0.1) is 0 Å². The van der Waals surface area contributed by atoms with Crippen molar-refractivity contribution < 1.29 is 23.8 Å². The van der Waals surface area contributed by atoms with Crippen LogP contribution in [0.5, 0.6) is 5.75 Å². The van der Waals surface area contributed by atoms with Crippen LogP contribution in [0.15, 0.2) is 48.9 Å². The molecule has 3 aromatic rings. The second-order valence-corrected chi connectivity index (χ2v) is 13.2. The van der Waals surface area contributed by atoms with Crippen molar-refractivity contribution in [2.75, 3.05) is 38.8 Å². The first-order chi connectivity index (χ1) is 23.3. The number of amides is 2. The minimum absolute atomic E-state index is 0.0801. The highest BCUT2D eigenvalue weighted by Gasteiger charge is 2.34. The molecule has 11 heteroatoms. The molecule has 2 amide bonds. The average Bonchev–Trinajstić information content (AvgIpc) is 3.62. The zero-order valence-electron chi connectivity index (χ0n) is 28.6. The highest BCUT2D eigenvalue weighted by molar-refractivity contribution is 5.94. The number of carbonyl (C=O) groups is 2. The number of pyridine rings is 1. The van der Waals surface area contributed by atoms with Crippen molar-refractivity contribution in [3.8, 4) is 22.9 Å². The number of rotatable bonds is 12. The smallest absolute Gasteiger partial charge is 0.407 e. The lowest BCUT2D eigenvalue weighted by Crippen LogP contribution is -2.42. The zero-order valence-corrected chi connectivity index (χ0v) is 28.6. The van der Waals surface area contributed by atoms with Gasteiger partial charge in [-0.05, 0) is 112 Å². The fraction of sp³-hybridized carbons (Fsp3) is 0.541. The molecule has 0 saturated heterocycles. The summed E-state index contributed by atoms with van der Waals surface area (Å²) in [6.07, 6.45) is 11.5. The van der Waals surface area contributed by atoms with Gasteiger partial charge < -0.3 is 19.5 Å². The normalized spacial score (nSPS) is 20.9. The maximum Gasteiger partial charge on any atom is 0.407 e. The number of anilines is 1. The number of nitrogens with zero attached hydrogens (tertiary/aromatic N) is 5. The second kappa shape index (κ2) is 16.6. The molecule has 0 unspecified atom stereocenters. The Balaban J connectivity index is 1.29. The van der Waals surface area contributed by atoms with Gasteiger partial charge in [-0.3, -0.25) is 14.4 Å². The summed E-state index contributed by atoms with van der Waals surface area (Å²) in [5.41, 5.74) is 3.68. The monoisotopic (exact) mass is 656 g/mol. The fourth-order valence-electron chi connectivity index (χ4n) is 6.91. The molecule has 1 N–H and O–H groups in total. The van der Waals surface area contributed by atoms with Crippen LogP contribution in [-0.4, -0.2) is 66.8 Å². The minimum atomic E-state index is -0.445. The highest BCUT2D eigenvalue weighted by atomic mass is 16.6. The van der Waals surface area contributed by atoms with Crippen molar-refractivity contribution in [2.24, 2.45) is 11.8 Å². The molecule has 2 saturated carbocycles. The maximum absolute atomic E-state index is 14.3. The second-order valence-electron chi connectivity index (χ2n) is 13.2. The fourth-order valence-corrected chi connectivity index (χ4v) is 6.91. The highest BCUT2D eigenvalue weighted by Crippen LogP contribution is 2.39. The lowest BCUT2D eigenvalue weighted by Gasteiger charge is -2.35. The molecule has 2 aromatic heterocycles. The Morgan fingerprint density at radius 1 is 1.04 bits per heavy atom. The van der Waals surface area contributed by atoms with Gasteiger partial charge in [-0.2, -0.15) is 10.4 Å². The van der Waals surface area contributed by atoms with Crippen LogP contribution < -0.4 is 15.0 Å². The number of nitrogens with one attached hydrogen (secondary N) is 1. The van der Waals surface area contributed by atoms with Gasteiger partial charge in [0.15, 0.2) is 0 Å². The van der Waals surface area contributed by atoms with Crippen LogP contribution in [0.3, 0.4) is 0 Å². The van der Waals surface area contributed by atoms with Crippen LogP contribution in [0.2, 0.25) is 0 Å². The predicted molar refractivity (Wildman–Crippen MR) is 183 cm³/mol. The molecule has 0 spiro atoms. The molecule has 5 rings (SSSR count). The van der Waals surface area contributed by atoms with Gasteiger partial charge in [0.25, 0.3) is 0 Å². The lowest BCUT2D eigenvalue weighted by molar-refractivity contribution is -0.124. The van der Waals surface area contributed by atoms with Crippen LogP contribution in [0, 0.1) is 23.2 Å². The van der Waals surface area contributed by atoms with Crippen LogP contribution in [0.25, 0.3) is 11.1 Å². The van der Waals surface area contributed by atoms with E-state index in [2.05, 4.69) is 36.4 Å². The van der Waals surface area contributed by atoms with E-state index >= 15 is 0 Å². The summed E-state index contributed by atoms with van der Waals surface area (Å²) in [6.45, 7) is 5.60. The molecule has 2 fully saturated rings. The topological polar surface area (TPSA) is 132 Å². The largest absolute Gasteiger partial charge is 0.495 e. The van der Waals surface area contributed by atoms with E-state index in [1.54, 1.807) is 20.4 Å². The van der Waals surface area contributed by atoms with Gasteiger partial charge >= 0.3 is 6.09 Å². The molecule has 11 nitrogen and oxygen atoms in total. The Labute approximate surface area is 283 Å². The SMILES string of the molecule is COCCNC(=O)O[C@H]1CC[C@H](C(=O)N(C[C@H]2CC[C@H](c3ccc(OC)c(C#N)c3)CC2)c2cc(-c3cnn(C(C)C)c3)ccn2)CC1. The van der Waals surface area contributed by atoms with Crippen molar-refractivity contribution in [2.45, 2.75) is 83.3 Å². The van der Waals surface area contributed by atoms with E-state index in [1.165, 1.54) is 5.56 Å². The molecule has 256 valence electrons. The molecule has 2 heterocycles. The molecule has 2 aliphatic carbocycles. The summed E-state index contributed by atoms with van der Waals surface area (Å²) >= 11 is 0. The van der Waals surface area contributed by atoms with E-state index in [-0.39, 0.29) is 24.0 Å². The van der Waals surface area contributed by atoms with Gasteiger partial charge in [-0.1, -0.05) is 6.07 Å². The van der Waals surface area contributed by atoms with E-state index in [9.17, 15) is 14.9 Å². The molecular formula is C37H48N6O5. The number of aromatic nitrogens is 3. The summed E-state index contributed by atoms with van der Waals surface area (Å²) < 4.78 is 17.9. The molecule has 48 heavy (non-hydrogen) atoms. The van der Waals surface area contributed by atoms with Crippen molar-refractivity contribution >= 4 is 17.8 Å². The van der Waals surface area contributed by atoms with Gasteiger partial charge in [0, 0.05) is 50.1 Å². The number of nitriles is 1. The minimum Gasteiger partial charge on any atom is -0.495 e. The van der Waals surface area contributed by atoms with Crippen LogP contribution in [0.4, 0.5) is 10.6 Å². The standard InChI is InChI=1S/C37H48N6O5/c1-25(2)43-24-32(22-41-43)30-15-16-39-35(20-30)42(36(44)28-9-12-33(13-10-28)48-37(45)40-17-18-46-3)23-26-5-7-27(8-6-26)29-11-14-34(47-4)31(19-29)21-38/h11,14-16,19-20,22,24-28,33H,5-10,12-13,17-18,23H2,1-4H3,(H,40,45)/t26-,27-,28-,33-. The van der Waals surface area contributed by atoms with Crippen molar-refractivity contribution in [1.82, 2.24) is 20.1 Å². The summed E-state index contributed by atoms with van der Waals surface area (Å²) in [7, 11) is 3.17. The van der Waals surface area contributed by atoms with E-state index < -0.39 is 6.09 Å². The first-order valence-electron chi connectivity index (χ1n) is 17.1. The zero-order chi connectivity index (χ0) is 34.0. The van der Waals surface area contributed by atoms with E-state index in [1.807, 2.05) is 46.2 Å². The number of carbonyl (C=O) groups excluding carboxylic acids is 2. The molecule has 0 atom stereocenters. The first-order valence-corrected chi connectivity index (χ1v) is 17.1. The van der Waals surface area contributed by atoms with Crippen molar-refractivity contribution in [1.29, 1.82) is 5.26 Å². The molecular weight excluding hydrogens is 608 g/mol. The third-order valence-electron chi connectivity index (χ3n) is 9.73. The van der Waals surface area contributed by atoms with E-state index in [4.69, 9.17) is 19.2 Å². The predicted octanol–water partition coefficient (Wildman–Crippen LogP) is 6.64. The van der Waals surface area contributed by atoms with Crippen LogP contribution in [-0.2, 0) is 14.3 Å². The molecule has 0 aliphatic heterocycles. The third kappa shape index (κ3) is 8.72. The van der Waals surface area contributed by atoms with Gasteiger partial charge in [0.1, 0.15) is 23.7 Å². The summed E-state index contributed by atoms with van der Waals surface area (Å²) in [5.74, 6) is 1.85. The Morgan fingerprint density at radius 3 is 2.48 bits per heavy atom. The van der Waals surface area contributed by atoms with Crippen molar-refractivity contribution in [3.05, 3.63) is 60.0 Å². The Morgan fingerprint density at radius 2 is 1.81 bits per heavy atom. The number of benzene rings is 1. The molecule has 0 bridgehead atoms. The number of ether oxygens (including phenoxy) is 3. The van der Waals surface area contributed by atoms with Gasteiger partial charge in [0.2, 0.25) is 5.91 Å². The maximum atomic E-state index is 14.3. The molecule has 2 aliphatic rings. The van der Waals surface area contributed by atoms with Crippen LogP contribution >= 0.6 is 0 Å². The molecule has 1 aromatic carbocycles. The Bertz CT molecular complexity index is 1570. The van der Waals surface area contributed by atoms with E-state index in [0.717, 1.165) is 36.8 Å². The number of hydrogen-bond acceptors (Lipinski definition) is 8. The van der Waals surface area contributed by atoms with E-state index in [0.29, 0.717) is 74.3 Å². The average molecular weight is 657 g/mol. The number of methoxy groups -OCH3 is 2. The van der Waals surface area contributed by atoms with Crippen molar-refractivity contribution in [3.63, 3.8) is 0 Å². The summed E-state index contributed by atoms with van der Waals surface area (Å²) in [5, 5.41) is 16.8. The van der Waals surface area contributed by atoms with Gasteiger partial charge in [-0.25, -0.2) is 9.78 Å². The lowest BCUT2D eigenvalue weighted by atomic mass is 9.78.